The third kappa shape index (κ3) is 6.83. The number of nitrogens with zero attached hydrogens (tertiary/aromatic N) is 1. The van der Waals surface area contributed by atoms with Crippen LogP contribution in [0.4, 0.5) is 4.39 Å². The van der Waals surface area contributed by atoms with E-state index in [0.717, 1.165) is 0 Å². The molecule has 0 aliphatic rings. The highest BCUT2D eigenvalue weighted by molar-refractivity contribution is 5.77. The van der Waals surface area contributed by atoms with Crippen LogP contribution in [0, 0.1) is 29.0 Å². The summed E-state index contributed by atoms with van der Waals surface area (Å²) in [6, 6.07) is 7.27. The van der Waals surface area contributed by atoms with Gasteiger partial charge in [0.1, 0.15) is 11.2 Å². The van der Waals surface area contributed by atoms with E-state index in [-0.39, 0.29) is 37.9 Å². The van der Waals surface area contributed by atoms with Gasteiger partial charge in [-0.15, -0.1) is 0 Å². The van der Waals surface area contributed by atoms with E-state index in [0.29, 0.717) is 5.56 Å². The molecule has 5 nitrogen and oxygen atoms in total. The van der Waals surface area contributed by atoms with Crippen molar-refractivity contribution in [2.24, 2.45) is 11.8 Å². The number of rotatable bonds is 9. The van der Waals surface area contributed by atoms with Gasteiger partial charge >= 0.3 is 11.9 Å². The Kier molecular flexibility index (Phi) is 8.24. The maximum absolute atomic E-state index is 13.3. The van der Waals surface area contributed by atoms with Crippen molar-refractivity contribution in [2.45, 2.75) is 46.0 Å². The zero-order chi connectivity index (χ0) is 19.7. The first kappa shape index (κ1) is 21.6. The van der Waals surface area contributed by atoms with Gasteiger partial charge in [-0.2, -0.15) is 5.26 Å². The molecule has 1 aromatic rings. The molecular formula is C20H26FNO4. The molecule has 0 aliphatic heterocycles. The largest absolute Gasteiger partial charge is 0.465 e. The van der Waals surface area contributed by atoms with E-state index < -0.39 is 23.2 Å². The second kappa shape index (κ2) is 9.91. The first-order valence-corrected chi connectivity index (χ1v) is 8.67. The predicted molar refractivity (Wildman–Crippen MR) is 94.5 cm³/mol. The first-order chi connectivity index (χ1) is 12.2. The highest BCUT2D eigenvalue weighted by atomic mass is 19.1. The van der Waals surface area contributed by atoms with Crippen LogP contribution in [0.15, 0.2) is 24.3 Å². The van der Waals surface area contributed by atoms with E-state index in [1.165, 1.54) is 24.3 Å². The lowest BCUT2D eigenvalue weighted by molar-refractivity contribution is -0.148. The Balaban J connectivity index is 3.05. The summed E-state index contributed by atoms with van der Waals surface area (Å²) in [4.78, 5) is 24.4. The predicted octanol–water partition coefficient (Wildman–Crippen LogP) is 3.77. The Morgan fingerprint density at radius 2 is 1.42 bits per heavy atom. The average molecular weight is 363 g/mol. The molecule has 0 aromatic heterocycles. The lowest BCUT2D eigenvalue weighted by Crippen LogP contribution is -2.33. The molecule has 142 valence electrons. The third-order valence-corrected chi connectivity index (χ3v) is 3.66. The summed E-state index contributed by atoms with van der Waals surface area (Å²) in [5.74, 6) is -1.33. The summed E-state index contributed by atoms with van der Waals surface area (Å²) in [5, 5.41) is 9.79. The summed E-state index contributed by atoms with van der Waals surface area (Å²) < 4.78 is 23.6. The van der Waals surface area contributed by atoms with Gasteiger partial charge in [-0.1, -0.05) is 39.8 Å². The van der Waals surface area contributed by atoms with Crippen molar-refractivity contribution in [3.63, 3.8) is 0 Å². The molecule has 0 bridgehead atoms. The number of ether oxygens (including phenoxy) is 2. The van der Waals surface area contributed by atoms with Crippen LogP contribution in [0.3, 0.4) is 0 Å². The molecule has 1 rings (SSSR count). The highest BCUT2D eigenvalue weighted by Crippen LogP contribution is 2.33. The van der Waals surface area contributed by atoms with E-state index in [1.807, 2.05) is 27.7 Å². The number of carbonyl (C=O) groups excluding carboxylic acids is 2. The minimum absolute atomic E-state index is 0.150. The SMILES string of the molecule is CC(C)COC(=O)CC(C#N)(CC(=O)OCC(C)C)c1ccc(F)cc1. The fraction of sp³-hybridized carbons (Fsp3) is 0.550. The Hall–Kier alpha value is -2.42. The molecular weight excluding hydrogens is 337 g/mol. The number of nitriles is 1. The van der Waals surface area contributed by atoms with Crippen molar-refractivity contribution in [3.05, 3.63) is 35.6 Å². The number of esters is 2. The van der Waals surface area contributed by atoms with E-state index in [2.05, 4.69) is 6.07 Å². The molecule has 0 fully saturated rings. The molecule has 0 amide bonds. The fourth-order valence-corrected chi connectivity index (χ4v) is 2.29. The normalized spacial score (nSPS) is 11.3. The quantitative estimate of drug-likeness (QED) is 0.624. The molecule has 1 aromatic carbocycles. The minimum Gasteiger partial charge on any atom is -0.465 e. The highest BCUT2D eigenvalue weighted by Gasteiger charge is 2.39. The van der Waals surface area contributed by atoms with Crippen molar-refractivity contribution in [3.8, 4) is 6.07 Å². The monoisotopic (exact) mass is 363 g/mol. The van der Waals surface area contributed by atoms with E-state index in [9.17, 15) is 19.2 Å². The van der Waals surface area contributed by atoms with Crippen molar-refractivity contribution < 1.29 is 23.5 Å². The second-order valence-electron chi connectivity index (χ2n) is 7.21. The molecule has 0 unspecified atom stereocenters. The van der Waals surface area contributed by atoms with Gasteiger partial charge in [-0.3, -0.25) is 9.59 Å². The fourth-order valence-electron chi connectivity index (χ4n) is 2.29. The zero-order valence-electron chi connectivity index (χ0n) is 15.8. The topological polar surface area (TPSA) is 76.4 Å². The van der Waals surface area contributed by atoms with Gasteiger partial charge in [0, 0.05) is 0 Å². The maximum atomic E-state index is 13.3. The van der Waals surface area contributed by atoms with Gasteiger partial charge in [0.2, 0.25) is 0 Å². The molecule has 0 spiro atoms. The van der Waals surface area contributed by atoms with Crippen LogP contribution in [0.25, 0.3) is 0 Å². The third-order valence-electron chi connectivity index (χ3n) is 3.66. The smallest absolute Gasteiger partial charge is 0.307 e. The number of hydrogen-bond donors (Lipinski definition) is 0. The average Bonchev–Trinajstić information content (AvgIpc) is 2.58. The Bertz CT molecular complexity index is 621. The van der Waals surface area contributed by atoms with E-state index >= 15 is 0 Å². The van der Waals surface area contributed by atoms with Gasteiger partial charge in [0.15, 0.2) is 0 Å². The molecule has 0 heterocycles. The van der Waals surface area contributed by atoms with Gasteiger partial charge in [-0.25, -0.2) is 4.39 Å². The zero-order valence-corrected chi connectivity index (χ0v) is 15.8. The number of halogens is 1. The van der Waals surface area contributed by atoms with Gasteiger partial charge in [0.25, 0.3) is 0 Å². The second-order valence-corrected chi connectivity index (χ2v) is 7.21. The molecule has 0 atom stereocenters. The van der Waals surface area contributed by atoms with Gasteiger partial charge < -0.3 is 9.47 Å². The molecule has 0 saturated carbocycles. The summed E-state index contributed by atoms with van der Waals surface area (Å²) in [7, 11) is 0. The minimum atomic E-state index is -1.46. The van der Waals surface area contributed by atoms with Crippen LogP contribution in [0.5, 0.6) is 0 Å². The number of carbonyl (C=O) groups is 2. The van der Waals surface area contributed by atoms with Crippen LogP contribution in [-0.4, -0.2) is 25.2 Å². The molecule has 0 aliphatic carbocycles. The van der Waals surface area contributed by atoms with Crippen molar-refractivity contribution in [1.29, 1.82) is 5.26 Å². The lowest BCUT2D eigenvalue weighted by Gasteiger charge is -2.25. The number of benzene rings is 1. The molecule has 6 heteroatoms. The molecule has 0 saturated heterocycles. The van der Waals surface area contributed by atoms with Crippen molar-refractivity contribution in [2.75, 3.05) is 13.2 Å². The maximum Gasteiger partial charge on any atom is 0.307 e. The Morgan fingerprint density at radius 1 is 1.00 bits per heavy atom. The standard InChI is InChI=1S/C20H26FNO4/c1-14(2)11-25-18(23)9-20(13-22,10-19(24)26-12-15(3)4)16-5-7-17(21)8-6-16/h5-8,14-15H,9-12H2,1-4H3. The Labute approximate surface area is 154 Å². The lowest BCUT2D eigenvalue weighted by atomic mass is 9.76. The molecule has 0 radical (unpaired) electrons. The molecule has 26 heavy (non-hydrogen) atoms. The summed E-state index contributed by atoms with van der Waals surface area (Å²) in [6.45, 7) is 8.04. The van der Waals surface area contributed by atoms with E-state index in [4.69, 9.17) is 9.47 Å². The van der Waals surface area contributed by atoms with Crippen molar-refractivity contribution in [1.82, 2.24) is 0 Å². The van der Waals surface area contributed by atoms with Crippen LogP contribution in [0.1, 0.15) is 46.1 Å². The van der Waals surface area contributed by atoms with Gasteiger partial charge in [0.05, 0.1) is 32.1 Å². The van der Waals surface area contributed by atoms with Crippen LogP contribution in [-0.2, 0) is 24.5 Å². The Morgan fingerprint density at radius 3 is 1.77 bits per heavy atom. The van der Waals surface area contributed by atoms with Crippen LogP contribution in [0.2, 0.25) is 0 Å². The summed E-state index contributed by atoms with van der Waals surface area (Å²) in [5.41, 5.74) is -1.08. The van der Waals surface area contributed by atoms with Crippen LogP contribution < -0.4 is 0 Å². The molecule has 0 N–H and O–H groups in total. The summed E-state index contributed by atoms with van der Waals surface area (Å²) >= 11 is 0. The van der Waals surface area contributed by atoms with E-state index in [1.54, 1.807) is 0 Å². The van der Waals surface area contributed by atoms with Crippen molar-refractivity contribution >= 4 is 11.9 Å². The number of hydrogen-bond acceptors (Lipinski definition) is 5. The van der Waals surface area contributed by atoms with Gasteiger partial charge in [-0.05, 0) is 29.5 Å². The first-order valence-electron chi connectivity index (χ1n) is 8.67. The summed E-state index contributed by atoms with van der Waals surface area (Å²) in [6.07, 6.45) is -0.614. The van der Waals surface area contributed by atoms with Crippen LogP contribution >= 0.6 is 0 Å².